The van der Waals surface area contributed by atoms with Crippen molar-refractivity contribution in [2.45, 2.75) is 13.1 Å². The number of sulfone groups is 1. The van der Waals surface area contributed by atoms with Crippen molar-refractivity contribution < 1.29 is 8.42 Å². The lowest BCUT2D eigenvalue weighted by Crippen LogP contribution is -2.12. The molecule has 4 N–H and O–H groups in total. The van der Waals surface area contributed by atoms with Crippen LogP contribution in [0.3, 0.4) is 0 Å². The first kappa shape index (κ1) is 15.1. The molecule has 6 heteroatoms. The van der Waals surface area contributed by atoms with Crippen LogP contribution in [0.4, 0.5) is 0 Å². The van der Waals surface area contributed by atoms with Crippen LogP contribution in [0.5, 0.6) is 0 Å². The van der Waals surface area contributed by atoms with Crippen LogP contribution >= 0.6 is 0 Å². The van der Waals surface area contributed by atoms with Gasteiger partial charge in [-0.3, -0.25) is 4.99 Å². The minimum atomic E-state index is -3.61. The Morgan fingerprint density at radius 2 is 2.16 bits per heavy atom. The summed E-state index contributed by atoms with van der Waals surface area (Å²) in [7, 11) is -3.61. The van der Waals surface area contributed by atoms with Crippen LogP contribution in [0.2, 0.25) is 0 Å². The van der Waals surface area contributed by atoms with Crippen molar-refractivity contribution in [1.29, 1.82) is 0 Å². The van der Waals surface area contributed by atoms with E-state index in [2.05, 4.69) is 11.6 Å². The van der Waals surface area contributed by atoms with Crippen molar-refractivity contribution in [3.8, 4) is 0 Å². The van der Waals surface area contributed by atoms with E-state index in [9.17, 15) is 8.42 Å². The van der Waals surface area contributed by atoms with Gasteiger partial charge in [0.25, 0.3) is 0 Å². The zero-order valence-electron chi connectivity index (χ0n) is 10.7. The van der Waals surface area contributed by atoms with Gasteiger partial charge in [-0.2, -0.15) is 0 Å². The van der Waals surface area contributed by atoms with Gasteiger partial charge in [0.15, 0.2) is 0 Å². The Hall–Kier alpha value is -1.92. The van der Waals surface area contributed by atoms with Crippen molar-refractivity contribution in [3.05, 3.63) is 58.5 Å². The quantitative estimate of drug-likeness (QED) is 0.754. The molecular formula is C13H17N3O2S. The van der Waals surface area contributed by atoms with E-state index in [1.54, 1.807) is 6.92 Å². The Kier molecular flexibility index (Phi) is 5.02. The fraction of sp³-hybridized carbons (Fsp3) is 0.154. The van der Waals surface area contributed by atoms with Crippen molar-refractivity contribution in [1.82, 2.24) is 0 Å². The third-order valence-corrected chi connectivity index (χ3v) is 4.21. The van der Waals surface area contributed by atoms with Crippen molar-refractivity contribution in [2.75, 3.05) is 0 Å². The highest BCUT2D eigenvalue weighted by Crippen LogP contribution is 2.20. The van der Waals surface area contributed by atoms with Gasteiger partial charge in [0.05, 0.1) is 9.81 Å². The topological polar surface area (TPSA) is 98.5 Å². The molecular weight excluding hydrogens is 262 g/mol. The summed E-state index contributed by atoms with van der Waals surface area (Å²) in [6.45, 7) is 5.12. The smallest absolute Gasteiger partial charge is 0.206 e. The summed E-state index contributed by atoms with van der Waals surface area (Å²) in [4.78, 5) is 4.17. The first-order valence-electron chi connectivity index (χ1n) is 5.59. The molecule has 1 aliphatic rings. The van der Waals surface area contributed by atoms with E-state index >= 15 is 0 Å². The number of aliphatic imine (C=N–C) groups is 1. The molecule has 0 saturated carbocycles. The van der Waals surface area contributed by atoms with E-state index in [1.165, 1.54) is 42.7 Å². The Bertz CT molecular complexity index is 608. The maximum absolute atomic E-state index is 12.4. The largest absolute Gasteiger partial charge is 0.399 e. The molecule has 1 unspecified atom stereocenters. The van der Waals surface area contributed by atoms with Gasteiger partial charge in [-0.15, -0.1) is 0 Å². The van der Waals surface area contributed by atoms with Crippen LogP contribution in [0, 0.1) is 0 Å². The second kappa shape index (κ2) is 6.31. The normalized spacial score (nSPS) is 20.4. The predicted octanol–water partition coefficient (Wildman–Crippen LogP) is 1.14. The van der Waals surface area contributed by atoms with Gasteiger partial charge < -0.3 is 11.5 Å². The molecule has 0 saturated heterocycles. The van der Waals surface area contributed by atoms with Crippen LogP contribution in [0.1, 0.15) is 6.92 Å². The molecule has 5 nitrogen and oxygen atoms in total. The molecule has 0 aromatic heterocycles. The van der Waals surface area contributed by atoms with E-state index in [-0.39, 0.29) is 15.5 Å². The third-order valence-electron chi connectivity index (χ3n) is 2.32. The fourth-order valence-electron chi connectivity index (χ4n) is 1.36. The number of nitrogens with two attached hydrogens (primary N) is 2. The molecule has 0 aliphatic carbocycles. The Labute approximate surface area is 113 Å². The highest BCUT2D eigenvalue weighted by atomic mass is 32.2. The lowest BCUT2D eigenvalue weighted by Gasteiger charge is -2.05. The van der Waals surface area contributed by atoms with Gasteiger partial charge in [0.2, 0.25) is 9.84 Å². The highest BCUT2D eigenvalue weighted by Gasteiger charge is 2.19. The number of hydrogen-bond donors (Lipinski definition) is 2. The van der Waals surface area contributed by atoms with Crippen molar-refractivity contribution in [3.63, 3.8) is 0 Å². The summed E-state index contributed by atoms with van der Waals surface area (Å²) in [6.07, 6.45) is 9.57. The average Bonchev–Trinajstić information content (AvgIpc) is 2.54. The molecule has 0 radical (unpaired) electrons. The predicted molar refractivity (Wildman–Crippen MR) is 78.8 cm³/mol. The van der Waals surface area contributed by atoms with E-state index < -0.39 is 16.0 Å². The minimum Gasteiger partial charge on any atom is -0.399 e. The molecule has 1 rings (SSSR count). The SMILES string of the molecule is C=C(N)/C=C\C(=C/C)S(=O)(=O)C1=CC=NC(N)C=C1. The maximum atomic E-state index is 12.4. The molecule has 0 aromatic carbocycles. The number of nitrogens with zero attached hydrogens (tertiary/aromatic N) is 1. The second-order valence-electron chi connectivity index (χ2n) is 3.82. The zero-order valence-corrected chi connectivity index (χ0v) is 11.5. The van der Waals surface area contributed by atoms with E-state index in [0.717, 1.165) is 0 Å². The summed E-state index contributed by atoms with van der Waals surface area (Å²) < 4.78 is 24.8. The lowest BCUT2D eigenvalue weighted by atomic mass is 10.4. The summed E-state index contributed by atoms with van der Waals surface area (Å²) in [5, 5.41) is 0. The number of hydrogen-bond acceptors (Lipinski definition) is 5. The molecule has 1 aliphatic heterocycles. The monoisotopic (exact) mass is 279 g/mol. The highest BCUT2D eigenvalue weighted by molar-refractivity contribution is 7.99. The molecule has 1 heterocycles. The molecule has 0 spiro atoms. The summed E-state index contributed by atoms with van der Waals surface area (Å²) in [5.74, 6) is 0. The number of allylic oxidation sites excluding steroid dienone is 5. The summed E-state index contributed by atoms with van der Waals surface area (Å²) in [6, 6.07) is 0. The molecule has 0 aromatic rings. The van der Waals surface area contributed by atoms with Crippen LogP contribution in [-0.4, -0.2) is 20.8 Å². The molecule has 0 fully saturated rings. The van der Waals surface area contributed by atoms with Crippen LogP contribution in [0.25, 0.3) is 0 Å². The molecule has 102 valence electrons. The van der Waals surface area contributed by atoms with Crippen LogP contribution in [0.15, 0.2) is 63.5 Å². The standard InChI is InChI=1S/C13H17N3O2S/c1-3-11(5-4-10(2)14)19(17,18)12-6-7-13(15)16-9-8-12/h3-9,13H,2,14-15H2,1H3/b5-4-,11-3+. The average molecular weight is 279 g/mol. The summed E-state index contributed by atoms with van der Waals surface area (Å²) in [5.41, 5.74) is 11.2. The second-order valence-corrected chi connectivity index (χ2v) is 5.77. The van der Waals surface area contributed by atoms with Gasteiger partial charge in [-0.1, -0.05) is 12.7 Å². The van der Waals surface area contributed by atoms with Gasteiger partial charge in [-0.25, -0.2) is 8.42 Å². The van der Waals surface area contributed by atoms with Crippen molar-refractivity contribution >= 4 is 16.1 Å². The zero-order chi connectivity index (χ0) is 14.5. The van der Waals surface area contributed by atoms with Crippen LogP contribution < -0.4 is 11.5 Å². The van der Waals surface area contributed by atoms with E-state index in [1.807, 2.05) is 0 Å². The van der Waals surface area contributed by atoms with E-state index in [4.69, 9.17) is 11.5 Å². The fourth-order valence-corrected chi connectivity index (χ4v) is 2.69. The summed E-state index contributed by atoms with van der Waals surface area (Å²) >= 11 is 0. The van der Waals surface area contributed by atoms with E-state index in [0.29, 0.717) is 0 Å². The first-order valence-corrected chi connectivity index (χ1v) is 7.07. The van der Waals surface area contributed by atoms with Crippen LogP contribution in [-0.2, 0) is 9.84 Å². The Morgan fingerprint density at radius 3 is 2.74 bits per heavy atom. The van der Waals surface area contributed by atoms with Gasteiger partial charge >= 0.3 is 0 Å². The molecule has 1 atom stereocenters. The number of rotatable bonds is 4. The Balaban J connectivity index is 3.17. The van der Waals surface area contributed by atoms with Gasteiger partial charge in [0.1, 0.15) is 6.17 Å². The molecule has 19 heavy (non-hydrogen) atoms. The lowest BCUT2D eigenvalue weighted by molar-refractivity contribution is 0.609. The van der Waals surface area contributed by atoms with Gasteiger partial charge in [0, 0.05) is 11.9 Å². The minimum absolute atomic E-state index is 0.129. The Morgan fingerprint density at radius 1 is 1.47 bits per heavy atom. The molecule has 0 amide bonds. The third kappa shape index (κ3) is 4.04. The van der Waals surface area contributed by atoms with Crippen molar-refractivity contribution in [2.24, 2.45) is 16.5 Å². The maximum Gasteiger partial charge on any atom is 0.206 e. The first-order chi connectivity index (χ1) is 8.87. The molecule has 0 bridgehead atoms. The van der Waals surface area contributed by atoms with Gasteiger partial charge in [-0.05, 0) is 37.3 Å².